The highest BCUT2D eigenvalue weighted by atomic mass is 16.3. The average molecular weight is 367 g/mol. The van der Waals surface area contributed by atoms with Crippen LogP contribution in [0.2, 0.25) is 0 Å². The van der Waals surface area contributed by atoms with Gasteiger partial charge in [-0.25, -0.2) is 4.79 Å². The summed E-state index contributed by atoms with van der Waals surface area (Å²) < 4.78 is 0. The van der Waals surface area contributed by atoms with E-state index in [0.29, 0.717) is 12.5 Å². The first kappa shape index (κ1) is 19.4. The molecule has 2 aromatic carbocycles. The highest BCUT2D eigenvalue weighted by Gasteiger charge is 2.18. The van der Waals surface area contributed by atoms with Crippen LogP contribution in [0.1, 0.15) is 18.4 Å². The minimum Gasteiger partial charge on any atom is -0.396 e. The van der Waals surface area contributed by atoms with Gasteiger partial charge in [0.1, 0.15) is 0 Å². The normalized spacial score (nSPS) is 17.5. The van der Waals surface area contributed by atoms with E-state index in [1.165, 1.54) is 11.1 Å². The second kappa shape index (κ2) is 9.53. The van der Waals surface area contributed by atoms with Crippen molar-refractivity contribution in [2.24, 2.45) is 5.92 Å². The van der Waals surface area contributed by atoms with Crippen molar-refractivity contribution in [3.8, 4) is 11.1 Å². The third-order valence-electron chi connectivity index (χ3n) is 5.17. The second-order valence-corrected chi connectivity index (χ2v) is 7.26. The van der Waals surface area contributed by atoms with Gasteiger partial charge >= 0.3 is 6.03 Å². The Morgan fingerprint density at radius 2 is 1.96 bits per heavy atom. The lowest BCUT2D eigenvalue weighted by atomic mass is 9.99. The minimum atomic E-state index is -0.186. The zero-order valence-corrected chi connectivity index (χ0v) is 15.9. The lowest BCUT2D eigenvalue weighted by Crippen LogP contribution is -2.42. The smallest absolute Gasteiger partial charge is 0.319 e. The predicted octanol–water partition coefficient (Wildman–Crippen LogP) is 3.49. The molecular formula is C22H29N3O2. The van der Waals surface area contributed by atoms with Crippen molar-refractivity contribution in [1.82, 2.24) is 10.2 Å². The fourth-order valence-electron chi connectivity index (χ4n) is 3.64. The van der Waals surface area contributed by atoms with Gasteiger partial charge in [-0.2, -0.15) is 0 Å². The Balaban J connectivity index is 1.45. The number of amides is 2. The molecule has 0 radical (unpaired) electrons. The fourth-order valence-corrected chi connectivity index (χ4v) is 3.64. The third kappa shape index (κ3) is 5.55. The Kier molecular flexibility index (Phi) is 6.85. The third-order valence-corrected chi connectivity index (χ3v) is 5.17. The van der Waals surface area contributed by atoms with Crippen molar-refractivity contribution in [3.63, 3.8) is 0 Å². The average Bonchev–Trinajstić information content (AvgIpc) is 2.69. The van der Waals surface area contributed by atoms with E-state index in [1.807, 2.05) is 36.4 Å². The molecule has 5 heteroatoms. The molecule has 3 rings (SSSR count). The van der Waals surface area contributed by atoms with Gasteiger partial charge in [0, 0.05) is 31.9 Å². The van der Waals surface area contributed by atoms with Crippen LogP contribution in [0.25, 0.3) is 11.1 Å². The number of rotatable bonds is 6. The van der Waals surface area contributed by atoms with Gasteiger partial charge in [-0.1, -0.05) is 36.4 Å². The van der Waals surface area contributed by atoms with E-state index in [2.05, 4.69) is 34.6 Å². The molecule has 2 aromatic rings. The number of aryl methyl sites for hydroxylation is 1. The molecule has 1 saturated heterocycles. The van der Waals surface area contributed by atoms with Gasteiger partial charge in [-0.3, -0.25) is 0 Å². The maximum absolute atomic E-state index is 12.1. The number of nitrogens with one attached hydrogen (secondary N) is 2. The molecule has 0 saturated carbocycles. The first-order valence-corrected chi connectivity index (χ1v) is 9.70. The number of piperidine rings is 1. The molecule has 144 valence electrons. The topological polar surface area (TPSA) is 64.6 Å². The summed E-state index contributed by atoms with van der Waals surface area (Å²) in [5, 5.41) is 15.1. The molecule has 1 fully saturated rings. The van der Waals surface area contributed by atoms with Crippen LogP contribution in [0.4, 0.5) is 10.5 Å². The van der Waals surface area contributed by atoms with Gasteiger partial charge in [0.2, 0.25) is 0 Å². The SMILES string of the molecule is Cc1ccccc1-c1ccc(NC(=O)NCCN2CCC[C@@H](CO)C2)cc1. The number of hydrogen-bond acceptors (Lipinski definition) is 3. The van der Waals surface area contributed by atoms with E-state index in [-0.39, 0.29) is 12.6 Å². The molecule has 0 unspecified atom stereocenters. The van der Waals surface area contributed by atoms with Gasteiger partial charge in [-0.05, 0) is 61.1 Å². The summed E-state index contributed by atoms with van der Waals surface area (Å²) in [7, 11) is 0. The number of nitrogens with zero attached hydrogens (tertiary/aromatic N) is 1. The summed E-state index contributed by atoms with van der Waals surface area (Å²) in [4.78, 5) is 14.4. The number of carbonyl (C=O) groups excluding carboxylic acids is 1. The summed E-state index contributed by atoms with van der Waals surface area (Å²) in [6.45, 7) is 5.73. The van der Waals surface area contributed by atoms with Crippen LogP contribution in [-0.2, 0) is 0 Å². The zero-order valence-electron chi connectivity index (χ0n) is 15.9. The van der Waals surface area contributed by atoms with Gasteiger partial charge in [0.15, 0.2) is 0 Å². The molecule has 0 aromatic heterocycles. The van der Waals surface area contributed by atoms with E-state index in [0.717, 1.165) is 43.7 Å². The number of urea groups is 1. The monoisotopic (exact) mass is 367 g/mol. The van der Waals surface area contributed by atoms with Gasteiger partial charge in [0.05, 0.1) is 0 Å². The van der Waals surface area contributed by atoms with Gasteiger partial charge in [0.25, 0.3) is 0 Å². The van der Waals surface area contributed by atoms with Crippen LogP contribution in [0, 0.1) is 12.8 Å². The predicted molar refractivity (Wildman–Crippen MR) is 110 cm³/mol. The number of hydrogen-bond donors (Lipinski definition) is 3. The largest absolute Gasteiger partial charge is 0.396 e. The Morgan fingerprint density at radius 1 is 1.19 bits per heavy atom. The summed E-state index contributed by atoms with van der Waals surface area (Å²) in [5.74, 6) is 0.374. The molecular weight excluding hydrogens is 338 g/mol. The molecule has 5 nitrogen and oxygen atoms in total. The van der Waals surface area contributed by atoms with Gasteiger partial charge in [-0.15, -0.1) is 0 Å². The van der Waals surface area contributed by atoms with Gasteiger partial charge < -0.3 is 20.6 Å². The molecule has 0 aliphatic carbocycles. The van der Waals surface area contributed by atoms with Crippen molar-refractivity contribution in [3.05, 3.63) is 54.1 Å². The molecule has 1 aliphatic rings. The molecule has 1 heterocycles. The van der Waals surface area contributed by atoms with Crippen molar-refractivity contribution in [2.45, 2.75) is 19.8 Å². The standard InChI is InChI=1S/C22H29N3O2/c1-17-5-2-3-7-21(17)19-8-10-20(11-9-19)24-22(27)23-12-14-25-13-4-6-18(15-25)16-26/h2-3,5,7-11,18,26H,4,6,12-16H2,1H3,(H2,23,24,27)/t18-/m1/s1. The van der Waals surface area contributed by atoms with E-state index >= 15 is 0 Å². The molecule has 0 bridgehead atoms. The number of carbonyl (C=O) groups is 1. The fraction of sp³-hybridized carbons (Fsp3) is 0.409. The highest BCUT2D eigenvalue weighted by molar-refractivity contribution is 5.89. The lowest BCUT2D eigenvalue weighted by Gasteiger charge is -2.31. The summed E-state index contributed by atoms with van der Waals surface area (Å²) >= 11 is 0. The van der Waals surface area contributed by atoms with Crippen LogP contribution in [0.5, 0.6) is 0 Å². The maximum Gasteiger partial charge on any atom is 0.319 e. The quantitative estimate of drug-likeness (QED) is 0.732. The minimum absolute atomic E-state index is 0.186. The number of aliphatic hydroxyl groups excluding tert-OH is 1. The summed E-state index contributed by atoms with van der Waals surface area (Å²) in [6.07, 6.45) is 2.21. The molecule has 2 amide bonds. The van der Waals surface area contributed by atoms with E-state index < -0.39 is 0 Å². The first-order chi connectivity index (χ1) is 13.2. The zero-order chi connectivity index (χ0) is 19.1. The maximum atomic E-state index is 12.1. The Bertz CT molecular complexity index is 745. The van der Waals surface area contributed by atoms with Crippen LogP contribution in [0.15, 0.2) is 48.5 Å². The number of aliphatic hydroxyl groups is 1. The van der Waals surface area contributed by atoms with Crippen molar-refractivity contribution >= 4 is 11.7 Å². The number of anilines is 1. The molecule has 0 spiro atoms. The Hall–Kier alpha value is -2.37. The van der Waals surface area contributed by atoms with Crippen LogP contribution in [-0.4, -0.2) is 48.8 Å². The molecule has 3 N–H and O–H groups in total. The van der Waals surface area contributed by atoms with Crippen molar-refractivity contribution in [2.75, 3.05) is 38.1 Å². The molecule has 1 aliphatic heterocycles. The summed E-state index contributed by atoms with van der Waals surface area (Å²) in [6, 6.07) is 16.0. The Labute approximate surface area is 161 Å². The highest BCUT2D eigenvalue weighted by Crippen LogP contribution is 2.24. The van der Waals surface area contributed by atoms with Crippen molar-refractivity contribution in [1.29, 1.82) is 0 Å². The van der Waals surface area contributed by atoms with E-state index in [1.54, 1.807) is 0 Å². The Morgan fingerprint density at radius 3 is 2.70 bits per heavy atom. The van der Waals surface area contributed by atoms with Crippen LogP contribution in [0.3, 0.4) is 0 Å². The first-order valence-electron chi connectivity index (χ1n) is 9.70. The number of benzene rings is 2. The van der Waals surface area contributed by atoms with Crippen LogP contribution < -0.4 is 10.6 Å². The molecule has 27 heavy (non-hydrogen) atoms. The molecule has 1 atom stereocenters. The van der Waals surface area contributed by atoms with Crippen molar-refractivity contribution < 1.29 is 9.90 Å². The summed E-state index contributed by atoms with van der Waals surface area (Å²) in [5.41, 5.74) is 4.36. The number of likely N-dealkylation sites (tertiary alicyclic amines) is 1. The lowest BCUT2D eigenvalue weighted by molar-refractivity contribution is 0.121. The van der Waals surface area contributed by atoms with Crippen LogP contribution >= 0.6 is 0 Å². The second-order valence-electron chi connectivity index (χ2n) is 7.26. The van der Waals surface area contributed by atoms with E-state index in [9.17, 15) is 9.90 Å². The van der Waals surface area contributed by atoms with E-state index in [4.69, 9.17) is 0 Å².